The lowest BCUT2D eigenvalue weighted by Crippen LogP contribution is -2.14. The van der Waals surface area contributed by atoms with Gasteiger partial charge in [-0.25, -0.2) is 13.4 Å². The third-order valence-corrected chi connectivity index (χ3v) is 2.11. The van der Waals surface area contributed by atoms with Crippen molar-refractivity contribution >= 4 is 10.1 Å². The Labute approximate surface area is 77.1 Å². The summed E-state index contributed by atoms with van der Waals surface area (Å²) in [6.45, 7) is 0. The highest BCUT2D eigenvalue weighted by Gasteiger charge is 2.35. The molecule has 1 aromatic rings. The lowest BCUT2D eigenvalue weighted by molar-refractivity contribution is -0.140. The molecule has 78 valence electrons. The van der Waals surface area contributed by atoms with E-state index in [9.17, 15) is 26.1 Å². The van der Waals surface area contributed by atoms with E-state index in [0.717, 1.165) is 12.3 Å². The molecule has 0 saturated heterocycles. The van der Waals surface area contributed by atoms with Crippen LogP contribution in [0.4, 0.5) is 13.2 Å². The average Bonchev–Trinajstić information content (AvgIpc) is 2.01. The number of rotatable bonds is 1. The highest BCUT2D eigenvalue weighted by Crippen LogP contribution is 2.32. The molecule has 0 spiro atoms. The number of hydrogen-bond donors (Lipinski definition) is 0. The van der Waals surface area contributed by atoms with Crippen molar-refractivity contribution in [2.24, 2.45) is 0 Å². The molecule has 0 atom stereocenters. The quantitative estimate of drug-likeness (QED) is 0.670. The first-order valence-corrected chi connectivity index (χ1v) is 4.62. The monoisotopic (exact) mass is 226 g/mol. The van der Waals surface area contributed by atoms with E-state index < -0.39 is 26.9 Å². The topological polar surface area (TPSA) is 70.1 Å². The second kappa shape index (κ2) is 3.21. The summed E-state index contributed by atoms with van der Waals surface area (Å²) < 4.78 is 67.6. The van der Waals surface area contributed by atoms with Crippen LogP contribution >= 0.6 is 0 Å². The standard InChI is InChI=1S/C6H4F3NO3S/c7-6(8,9)4-2-1-3-10-5(4)14(11,12)13/h1-3H,(H,11,12,13)/p-1. The molecular formula is C6H3F3NO3S-. The molecule has 0 radical (unpaired) electrons. The van der Waals surface area contributed by atoms with Gasteiger partial charge in [-0.3, -0.25) is 0 Å². The Hall–Kier alpha value is -1.15. The summed E-state index contributed by atoms with van der Waals surface area (Å²) in [5.74, 6) is 0. The molecule has 1 rings (SSSR count). The van der Waals surface area contributed by atoms with Crippen LogP contribution in [-0.4, -0.2) is 18.0 Å². The summed E-state index contributed by atoms with van der Waals surface area (Å²) in [5, 5.41) is -1.49. The summed E-state index contributed by atoms with van der Waals surface area (Å²) in [5.41, 5.74) is -1.55. The Balaban J connectivity index is 3.47. The lowest BCUT2D eigenvalue weighted by Gasteiger charge is -2.13. The maximum atomic E-state index is 12.1. The zero-order chi connectivity index (χ0) is 11.0. The molecule has 14 heavy (non-hydrogen) atoms. The molecule has 1 heterocycles. The van der Waals surface area contributed by atoms with Gasteiger partial charge >= 0.3 is 6.18 Å². The van der Waals surface area contributed by atoms with E-state index in [0.29, 0.717) is 6.07 Å². The smallest absolute Gasteiger partial charge is 0.419 e. The van der Waals surface area contributed by atoms with Gasteiger partial charge in [-0.2, -0.15) is 13.2 Å². The van der Waals surface area contributed by atoms with Crippen LogP contribution in [0.5, 0.6) is 0 Å². The van der Waals surface area contributed by atoms with Crippen LogP contribution in [0.2, 0.25) is 0 Å². The van der Waals surface area contributed by atoms with Crippen molar-refractivity contribution in [3.8, 4) is 0 Å². The Kier molecular flexibility index (Phi) is 2.50. The molecule has 4 nitrogen and oxygen atoms in total. The van der Waals surface area contributed by atoms with Gasteiger partial charge in [-0.1, -0.05) is 0 Å². The van der Waals surface area contributed by atoms with Crippen LogP contribution in [0.25, 0.3) is 0 Å². The minimum atomic E-state index is -5.20. The number of alkyl halides is 3. The number of hydrogen-bond acceptors (Lipinski definition) is 4. The largest absolute Gasteiger partial charge is 0.743 e. The summed E-state index contributed by atoms with van der Waals surface area (Å²) in [6, 6.07) is 1.38. The first kappa shape index (κ1) is 10.9. The van der Waals surface area contributed by atoms with E-state index in [4.69, 9.17) is 0 Å². The molecule has 0 unspecified atom stereocenters. The van der Waals surface area contributed by atoms with E-state index in [-0.39, 0.29) is 0 Å². The van der Waals surface area contributed by atoms with Gasteiger partial charge in [0.25, 0.3) is 0 Å². The Morgan fingerprint density at radius 2 is 1.93 bits per heavy atom. The van der Waals surface area contributed by atoms with Crippen molar-refractivity contribution in [3.05, 3.63) is 23.9 Å². The maximum Gasteiger partial charge on any atom is 0.419 e. The van der Waals surface area contributed by atoms with Crippen LogP contribution < -0.4 is 0 Å². The summed E-state index contributed by atoms with van der Waals surface area (Å²) in [7, 11) is -5.20. The van der Waals surface area contributed by atoms with Gasteiger partial charge < -0.3 is 4.55 Å². The number of nitrogens with zero attached hydrogens (tertiary/aromatic N) is 1. The predicted molar refractivity (Wildman–Crippen MR) is 37.2 cm³/mol. The van der Waals surface area contributed by atoms with Gasteiger partial charge in [0.1, 0.15) is 10.1 Å². The van der Waals surface area contributed by atoms with Crippen molar-refractivity contribution < 1.29 is 26.1 Å². The minimum Gasteiger partial charge on any atom is -0.743 e. The highest BCUT2D eigenvalue weighted by atomic mass is 32.2. The fourth-order valence-corrected chi connectivity index (χ4v) is 1.45. The van der Waals surface area contributed by atoms with Gasteiger partial charge in [-0.15, -0.1) is 0 Å². The van der Waals surface area contributed by atoms with E-state index >= 15 is 0 Å². The van der Waals surface area contributed by atoms with Crippen molar-refractivity contribution in [1.82, 2.24) is 4.98 Å². The first-order valence-electron chi connectivity index (χ1n) is 3.21. The van der Waals surface area contributed by atoms with Gasteiger partial charge in [0.05, 0.1) is 5.56 Å². The van der Waals surface area contributed by atoms with Gasteiger partial charge in [0.2, 0.25) is 0 Å². The van der Waals surface area contributed by atoms with Gasteiger partial charge in [0.15, 0.2) is 5.03 Å². The van der Waals surface area contributed by atoms with E-state index in [1.165, 1.54) is 0 Å². The number of halogens is 3. The Morgan fingerprint density at radius 3 is 2.29 bits per heavy atom. The van der Waals surface area contributed by atoms with E-state index in [2.05, 4.69) is 4.98 Å². The molecule has 1 aromatic heterocycles. The summed E-state index contributed by atoms with van der Waals surface area (Å²) in [6.07, 6.45) is -4.10. The second-order valence-corrected chi connectivity index (χ2v) is 3.60. The van der Waals surface area contributed by atoms with Crippen LogP contribution in [0.1, 0.15) is 5.56 Å². The molecule has 0 aliphatic heterocycles. The van der Waals surface area contributed by atoms with Gasteiger partial charge in [-0.05, 0) is 12.1 Å². The molecule has 0 amide bonds. The zero-order valence-electron chi connectivity index (χ0n) is 6.45. The minimum absolute atomic E-state index is 0.484. The normalized spacial score (nSPS) is 12.9. The summed E-state index contributed by atoms with van der Waals surface area (Å²) >= 11 is 0. The SMILES string of the molecule is O=S(=O)([O-])c1ncccc1C(F)(F)F. The van der Waals surface area contributed by atoms with Crippen molar-refractivity contribution in [1.29, 1.82) is 0 Å². The molecule has 0 fully saturated rings. The molecule has 0 bridgehead atoms. The van der Waals surface area contributed by atoms with E-state index in [1.54, 1.807) is 0 Å². The molecule has 0 saturated carbocycles. The molecule has 0 aromatic carbocycles. The lowest BCUT2D eigenvalue weighted by atomic mass is 10.3. The van der Waals surface area contributed by atoms with Crippen molar-refractivity contribution in [3.63, 3.8) is 0 Å². The molecule has 0 aliphatic rings. The fraction of sp³-hybridized carbons (Fsp3) is 0.167. The van der Waals surface area contributed by atoms with Gasteiger partial charge in [0, 0.05) is 6.20 Å². The first-order chi connectivity index (χ1) is 6.23. The zero-order valence-corrected chi connectivity index (χ0v) is 7.26. The molecule has 8 heteroatoms. The fourth-order valence-electron chi connectivity index (χ4n) is 0.806. The van der Waals surface area contributed by atoms with Crippen LogP contribution in [0.15, 0.2) is 23.4 Å². The molecule has 0 N–H and O–H groups in total. The van der Waals surface area contributed by atoms with Crippen LogP contribution in [-0.2, 0) is 16.3 Å². The second-order valence-electron chi connectivity index (χ2n) is 2.31. The van der Waals surface area contributed by atoms with E-state index in [1.807, 2.05) is 0 Å². The number of pyridine rings is 1. The maximum absolute atomic E-state index is 12.1. The average molecular weight is 226 g/mol. The molecular weight excluding hydrogens is 223 g/mol. The highest BCUT2D eigenvalue weighted by molar-refractivity contribution is 7.85. The van der Waals surface area contributed by atoms with Crippen LogP contribution in [0.3, 0.4) is 0 Å². The Bertz CT molecular complexity index is 440. The summed E-state index contributed by atoms with van der Waals surface area (Å²) in [4.78, 5) is 2.90. The number of aromatic nitrogens is 1. The van der Waals surface area contributed by atoms with Crippen LogP contribution in [0, 0.1) is 0 Å². The predicted octanol–water partition coefficient (Wildman–Crippen LogP) is 1.00. The van der Waals surface area contributed by atoms with Crippen molar-refractivity contribution in [2.75, 3.05) is 0 Å². The van der Waals surface area contributed by atoms with Crippen molar-refractivity contribution in [2.45, 2.75) is 11.2 Å². The third-order valence-electron chi connectivity index (χ3n) is 1.31. The Morgan fingerprint density at radius 1 is 1.36 bits per heavy atom. The third kappa shape index (κ3) is 2.20. The molecule has 0 aliphatic carbocycles.